The molecule has 0 aromatic carbocycles. The summed E-state index contributed by atoms with van der Waals surface area (Å²) in [6.07, 6.45) is 3.21. The van der Waals surface area contributed by atoms with E-state index in [-0.39, 0.29) is 5.84 Å². The summed E-state index contributed by atoms with van der Waals surface area (Å²) in [5.74, 6) is 0.0855. The van der Waals surface area contributed by atoms with Crippen molar-refractivity contribution in [2.45, 2.75) is 0 Å². The van der Waals surface area contributed by atoms with Crippen LogP contribution < -0.4 is 5.73 Å². The number of nitrogens with two attached hydrogens (primary N) is 1. The molecule has 7 heavy (non-hydrogen) atoms. The van der Waals surface area contributed by atoms with Crippen molar-refractivity contribution in [3.63, 3.8) is 0 Å². The molecule has 0 unspecified atom stereocenters. The van der Waals surface area contributed by atoms with E-state index in [1.54, 1.807) is 10.8 Å². The molecule has 0 spiro atoms. The Morgan fingerprint density at radius 3 is 2.43 bits per heavy atom. The third kappa shape index (κ3) is 5.66. The molecule has 37 valence electrons. The van der Waals surface area contributed by atoms with Gasteiger partial charge in [-0.1, -0.05) is 0 Å². The minimum absolute atomic E-state index is 0.0855. The maximum atomic E-state index is 6.66. The third-order valence-electron chi connectivity index (χ3n) is 0.362. The molecule has 0 saturated heterocycles. The van der Waals surface area contributed by atoms with Crippen LogP contribution in [0.5, 0.6) is 0 Å². The maximum absolute atomic E-state index is 6.66. The Bertz CT molecular complexity index is 106. The molecule has 3 heteroatoms. The molecule has 0 aromatic heterocycles. The van der Waals surface area contributed by atoms with Crippen LogP contribution in [0.3, 0.4) is 0 Å². The second-order valence-electron chi connectivity index (χ2n) is 0.964. The summed E-state index contributed by atoms with van der Waals surface area (Å²) in [7, 11) is 0. The van der Waals surface area contributed by atoms with Crippen LogP contribution in [0, 0.1) is 5.41 Å². The summed E-state index contributed by atoms with van der Waals surface area (Å²) in [5, 5.41) is 6.66. The average molecular weight is 133 g/mol. The van der Waals surface area contributed by atoms with E-state index < -0.39 is 0 Å². The average Bonchev–Trinajstić information content (AvgIpc) is 1.61. The molecule has 0 rings (SSSR count). The molecule has 0 atom stereocenters. The van der Waals surface area contributed by atoms with Crippen molar-refractivity contribution < 1.29 is 17.0 Å². The van der Waals surface area contributed by atoms with Crippen LogP contribution in [-0.4, -0.2) is 10.6 Å². The predicted molar refractivity (Wildman–Crippen MR) is 27.1 cm³/mol. The van der Waals surface area contributed by atoms with Gasteiger partial charge in [-0.15, -0.1) is 0 Å². The zero-order chi connectivity index (χ0) is 5.70. The molecule has 0 bridgehead atoms. The molecule has 0 amide bonds. The molecule has 0 heterocycles. The van der Waals surface area contributed by atoms with Crippen LogP contribution in [0.25, 0.3) is 0 Å². The molecule has 2 nitrogen and oxygen atoms in total. The molecule has 0 aliphatic carbocycles. The van der Waals surface area contributed by atoms with Gasteiger partial charge in [0.05, 0.1) is 0 Å². The van der Waals surface area contributed by atoms with Crippen LogP contribution in [0.1, 0.15) is 0 Å². The van der Waals surface area contributed by atoms with Crippen LogP contribution in [-0.2, 0) is 17.0 Å². The zero-order valence-electron chi connectivity index (χ0n) is 3.76. The van der Waals surface area contributed by atoms with Crippen molar-refractivity contribution in [3.05, 3.63) is 12.2 Å². The number of rotatable bonds is 2. The van der Waals surface area contributed by atoms with Crippen LogP contribution in [0.4, 0.5) is 0 Å². The summed E-state index contributed by atoms with van der Waals surface area (Å²) >= 11 is 2.25. The van der Waals surface area contributed by atoms with Crippen molar-refractivity contribution in [3.8, 4) is 0 Å². The van der Waals surface area contributed by atoms with Gasteiger partial charge in [0.25, 0.3) is 0 Å². The van der Waals surface area contributed by atoms with Gasteiger partial charge in [-0.25, -0.2) is 0 Å². The van der Waals surface area contributed by atoms with Gasteiger partial charge in [0.15, 0.2) is 0 Å². The summed E-state index contributed by atoms with van der Waals surface area (Å²) in [5.41, 5.74) is 4.95. The molecule has 0 aliphatic heterocycles. The van der Waals surface area contributed by atoms with E-state index in [0.29, 0.717) is 0 Å². The molecular weight excluding hydrogens is 127 g/mol. The van der Waals surface area contributed by atoms with Crippen molar-refractivity contribution >= 4 is 10.6 Å². The third-order valence-corrected chi connectivity index (χ3v) is 0.631. The van der Waals surface area contributed by atoms with Crippen molar-refractivity contribution in [2.24, 2.45) is 5.73 Å². The summed E-state index contributed by atoms with van der Waals surface area (Å²) in [6.45, 7) is 0. The van der Waals surface area contributed by atoms with Gasteiger partial charge in [0, 0.05) is 0 Å². The second-order valence-corrected chi connectivity index (χ2v) is 1.43. The molecule has 0 fully saturated rings. The van der Waals surface area contributed by atoms with Gasteiger partial charge in [-0.05, 0) is 0 Å². The molecule has 3 N–H and O–H groups in total. The van der Waals surface area contributed by atoms with Gasteiger partial charge in [0.2, 0.25) is 0 Å². The van der Waals surface area contributed by atoms with E-state index in [1.807, 2.05) is 0 Å². The fourth-order valence-electron chi connectivity index (χ4n) is 0.147. The Kier molecular flexibility index (Phi) is 3.66. The van der Waals surface area contributed by atoms with E-state index >= 15 is 0 Å². The van der Waals surface area contributed by atoms with Gasteiger partial charge in [-0.2, -0.15) is 0 Å². The first-order valence-electron chi connectivity index (χ1n) is 1.75. The standard InChI is InChI=1S/C4H6N2.V/c1-2-3-4(5)6;/h1-3H,(H3,5,6);/b3-2-;. The first-order valence-corrected chi connectivity index (χ1v) is 2.56. The van der Waals surface area contributed by atoms with Crippen molar-refractivity contribution in [1.29, 1.82) is 5.41 Å². The first-order chi connectivity index (χ1) is 3.27. The van der Waals surface area contributed by atoms with Crippen LogP contribution in [0.15, 0.2) is 12.2 Å². The fraction of sp³-hybridized carbons (Fsp3) is 0. The van der Waals surface area contributed by atoms with E-state index in [9.17, 15) is 0 Å². The Hall–Kier alpha value is -0.336. The molecule has 0 aliphatic rings. The molecular formula is C4H6N2V. The Labute approximate surface area is 51.4 Å². The number of hydrogen-bond acceptors (Lipinski definition) is 1. The second kappa shape index (κ2) is 3.84. The topological polar surface area (TPSA) is 49.9 Å². The van der Waals surface area contributed by atoms with Crippen molar-refractivity contribution in [2.75, 3.05) is 0 Å². The van der Waals surface area contributed by atoms with E-state index in [4.69, 9.17) is 11.1 Å². The van der Waals surface area contributed by atoms with E-state index in [0.717, 1.165) is 0 Å². The zero-order valence-corrected chi connectivity index (χ0v) is 5.15. The number of nitrogens with one attached hydrogen (secondary N) is 1. The van der Waals surface area contributed by atoms with Gasteiger partial charge in [-0.3, -0.25) is 0 Å². The fourth-order valence-corrected chi connectivity index (χ4v) is 0.281. The quantitative estimate of drug-likeness (QED) is 0.398. The minimum atomic E-state index is 0.0855. The number of allylic oxidation sites excluding steroid dienone is 1. The molecule has 0 radical (unpaired) electrons. The molecule has 0 saturated carbocycles. The first kappa shape index (κ1) is 6.66. The van der Waals surface area contributed by atoms with Crippen molar-refractivity contribution in [1.82, 2.24) is 0 Å². The Morgan fingerprint density at radius 2 is 2.29 bits per heavy atom. The van der Waals surface area contributed by atoms with E-state index in [2.05, 4.69) is 17.0 Å². The Morgan fingerprint density at radius 1 is 1.71 bits per heavy atom. The van der Waals surface area contributed by atoms with Crippen LogP contribution >= 0.6 is 0 Å². The monoisotopic (exact) mass is 133 g/mol. The predicted octanol–water partition coefficient (Wildman–Crippen LogP) is -0.172. The summed E-state index contributed by atoms with van der Waals surface area (Å²) < 4.78 is 1.76. The summed E-state index contributed by atoms with van der Waals surface area (Å²) in [6, 6.07) is 0. The molecule has 0 aromatic rings. The summed E-state index contributed by atoms with van der Waals surface area (Å²) in [4.78, 5) is 0. The number of hydrogen-bond donors (Lipinski definition) is 2. The Balaban J connectivity index is 3.46. The van der Waals surface area contributed by atoms with Crippen LogP contribution in [0.2, 0.25) is 0 Å². The van der Waals surface area contributed by atoms with Gasteiger partial charge >= 0.3 is 50.8 Å². The van der Waals surface area contributed by atoms with Gasteiger partial charge < -0.3 is 0 Å². The SMILES string of the molecule is N=C(N)/C=C\[CH]=[V]. The van der Waals surface area contributed by atoms with Gasteiger partial charge in [0.1, 0.15) is 0 Å². The van der Waals surface area contributed by atoms with E-state index in [1.165, 1.54) is 6.08 Å². The number of amidine groups is 1. The normalized spacial score (nSPS) is 9.00.